The Kier molecular flexibility index (Phi) is 23.0. The van der Waals surface area contributed by atoms with Crippen molar-refractivity contribution in [3.05, 3.63) is 156 Å². The predicted molar refractivity (Wildman–Crippen MR) is 228 cm³/mol. The monoisotopic (exact) mass is 671 g/mol. The van der Waals surface area contributed by atoms with Crippen LogP contribution in [-0.4, -0.2) is 26.2 Å². The molecular formula is C48H66N2. The molecule has 268 valence electrons. The molecule has 0 radical (unpaired) electrons. The topological polar surface area (TPSA) is 6.48 Å². The average Bonchev–Trinajstić information content (AvgIpc) is 3.14. The summed E-state index contributed by atoms with van der Waals surface area (Å²) in [6.07, 6.45) is 43.6. The molecule has 0 aliphatic carbocycles. The van der Waals surface area contributed by atoms with E-state index in [1.165, 1.54) is 85.0 Å². The molecule has 0 aromatic heterocycles. The van der Waals surface area contributed by atoms with E-state index in [2.05, 4.69) is 197 Å². The second-order valence-electron chi connectivity index (χ2n) is 13.0. The van der Waals surface area contributed by atoms with Gasteiger partial charge in [-0.05, 0) is 74.9 Å². The lowest BCUT2D eigenvalue weighted by atomic mass is 10.1. The van der Waals surface area contributed by atoms with Crippen molar-refractivity contribution in [3.63, 3.8) is 0 Å². The van der Waals surface area contributed by atoms with Crippen LogP contribution < -0.4 is 9.80 Å². The van der Waals surface area contributed by atoms with Gasteiger partial charge in [-0.1, -0.05) is 186 Å². The molecule has 50 heavy (non-hydrogen) atoms. The first-order valence-corrected chi connectivity index (χ1v) is 19.2. The SMILES string of the molecule is CCCCN(CCCC)c1ccc(/C=C/C=C/C=C/C(C)=C/C=C/C=C(C)/C=C/C=C/C=C/c2ccc(N(CCCC)CCCC)cc2)cc1. The highest BCUT2D eigenvalue weighted by atomic mass is 15.1. The summed E-state index contributed by atoms with van der Waals surface area (Å²) in [5, 5.41) is 0. The number of anilines is 2. The molecule has 0 saturated heterocycles. The fraction of sp³-hybridized carbons (Fsp3) is 0.375. The van der Waals surface area contributed by atoms with Gasteiger partial charge in [-0.3, -0.25) is 0 Å². The summed E-state index contributed by atoms with van der Waals surface area (Å²) in [7, 11) is 0. The Morgan fingerprint density at radius 3 is 1.06 bits per heavy atom. The Morgan fingerprint density at radius 2 is 0.740 bits per heavy atom. The van der Waals surface area contributed by atoms with Crippen LogP contribution in [0.3, 0.4) is 0 Å². The van der Waals surface area contributed by atoms with E-state index in [1.54, 1.807) is 0 Å². The Bertz CT molecular complexity index is 1310. The van der Waals surface area contributed by atoms with E-state index in [0.29, 0.717) is 0 Å². The number of benzene rings is 2. The van der Waals surface area contributed by atoms with Crippen molar-refractivity contribution in [2.45, 2.75) is 92.9 Å². The molecule has 0 unspecified atom stereocenters. The van der Waals surface area contributed by atoms with Crippen molar-refractivity contribution in [2.24, 2.45) is 0 Å². The quantitative estimate of drug-likeness (QED) is 0.103. The molecule has 2 heteroatoms. The van der Waals surface area contributed by atoms with E-state index in [1.807, 2.05) is 0 Å². The van der Waals surface area contributed by atoms with Crippen LogP contribution in [0.1, 0.15) is 104 Å². The molecule has 0 fully saturated rings. The largest absolute Gasteiger partial charge is 0.372 e. The number of rotatable bonds is 24. The summed E-state index contributed by atoms with van der Waals surface area (Å²) in [4.78, 5) is 5.06. The first kappa shape index (κ1) is 41.9. The molecule has 0 saturated carbocycles. The first-order valence-electron chi connectivity index (χ1n) is 19.2. The zero-order chi connectivity index (χ0) is 36.1. The second kappa shape index (κ2) is 27.5. The molecule has 2 aromatic rings. The number of unbranched alkanes of at least 4 members (excludes halogenated alkanes) is 4. The van der Waals surface area contributed by atoms with E-state index in [-0.39, 0.29) is 0 Å². The molecule has 0 bridgehead atoms. The van der Waals surface area contributed by atoms with Gasteiger partial charge in [0.2, 0.25) is 0 Å². The van der Waals surface area contributed by atoms with Crippen molar-refractivity contribution < 1.29 is 0 Å². The van der Waals surface area contributed by atoms with Crippen LogP contribution in [0.2, 0.25) is 0 Å². The third kappa shape index (κ3) is 19.0. The molecule has 2 aromatic carbocycles. The summed E-state index contributed by atoms with van der Waals surface area (Å²) in [6, 6.07) is 17.9. The van der Waals surface area contributed by atoms with Crippen LogP contribution >= 0.6 is 0 Å². The predicted octanol–water partition coefficient (Wildman–Crippen LogP) is 13.9. The Labute approximate surface area is 307 Å². The molecule has 0 spiro atoms. The van der Waals surface area contributed by atoms with Crippen LogP contribution in [0, 0.1) is 0 Å². The highest BCUT2D eigenvalue weighted by molar-refractivity contribution is 5.58. The van der Waals surface area contributed by atoms with Crippen molar-refractivity contribution in [2.75, 3.05) is 36.0 Å². The van der Waals surface area contributed by atoms with Gasteiger partial charge >= 0.3 is 0 Å². The third-order valence-electron chi connectivity index (χ3n) is 8.43. The molecular weight excluding hydrogens is 605 g/mol. The zero-order valence-corrected chi connectivity index (χ0v) is 32.2. The maximum absolute atomic E-state index is 2.53. The molecule has 0 aliphatic heterocycles. The van der Waals surface area contributed by atoms with Gasteiger partial charge in [-0.25, -0.2) is 0 Å². The van der Waals surface area contributed by atoms with Crippen molar-refractivity contribution in [1.82, 2.24) is 0 Å². The van der Waals surface area contributed by atoms with Gasteiger partial charge in [-0.15, -0.1) is 0 Å². The molecule has 0 aliphatic rings. The minimum absolute atomic E-state index is 1.14. The summed E-state index contributed by atoms with van der Waals surface area (Å²) in [5.74, 6) is 0. The Balaban J connectivity index is 1.76. The van der Waals surface area contributed by atoms with E-state index in [0.717, 1.165) is 26.2 Å². The van der Waals surface area contributed by atoms with Gasteiger partial charge in [0.1, 0.15) is 0 Å². The van der Waals surface area contributed by atoms with Crippen LogP contribution in [0.15, 0.2) is 145 Å². The Hall–Kier alpha value is -4.30. The van der Waals surface area contributed by atoms with Crippen LogP contribution in [0.5, 0.6) is 0 Å². The van der Waals surface area contributed by atoms with Crippen LogP contribution in [0.4, 0.5) is 11.4 Å². The van der Waals surface area contributed by atoms with Crippen molar-refractivity contribution in [1.29, 1.82) is 0 Å². The summed E-state index contributed by atoms with van der Waals surface area (Å²) < 4.78 is 0. The minimum atomic E-state index is 1.14. The van der Waals surface area contributed by atoms with Crippen molar-refractivity contribution >= 4 is 23.5 Å². The van der Waals surface area contributed by atoms with Gasteiger partial charge in [0, 0.05) is 37.6 Å². The number of allylic oxidation sites excluding steroid dienone is 16. The van der Waals surface area contributed by atoms with Crippen LogP contribution in [0.25, 0.3) is 12.2 Å². The van der Waals surface area contributed by atoms with Crippen molar-refractivity contribution in [3.8, 4) is 0 Å². The Morgan fingerprint density at radius 1 is 0.420 bits per heavy atom. The maximum Gasteiger partial charge on any atom is 0.0366 e. The molecule has 2 nitrogen and oxygen atoms in total. The van der Waals surface area contributed by atoms with Gasteiger partial charge in [0.15, 0.2) is 0 Å². The van der Waals surface area contributed by atoms with Gasteiger partial charge in [0.05, 0.1) is 0 Å². The smallest absolute Gasteiger partial charge is 0.0366 e. The molecule has 0 N–H and O–H groups in total. The zero-order valence-electron chi connectivity index (χ0n) is 32.2. The van der Waals surface area contributed by atoms with E-state index in [9.17, 15) is 0 Å². The van der Waals surface area contributed by atoms with E-state index < -0.39 is 0 Å². The lowest BCUT2D eigenvalue weighted by Crippen LogP contribution is -2.25. The maximum atomic E-state index is 2.53. The number of hydrogen-bond acceptors (Lipinski definition) is 2. The normalized spacial score (nSPS) is 13.2. The molecule has 0 atom stereocenters. The fourth-order valence-corrected chi connectivity index (χ4v) is 5.26. The number of hydrogen-bond donors (Lipinski definition) is 0. The highest BCUT2D eigenvalue weighted by Gasteiger charge is 2.06. The lowest BCUT2D eigenvalue weighted by molar-refractivity contribution is 0.678. The molecule has 0 heterocycles. The first-order chi connectivity index (χ1) is 24.5. The molecule has 2 rings (SSSR count). The van der Waals surface area contributed by atoms with Gasteiger partial charge < -0.3 is 9.80 Å². The fourth-order valence-electron chi connectivity index (χ4n) is 5.26. The van der Waals surface area contributed by atoms with Gasteiger partial charge in [-0.2, -0.15) is 0 Å². The van der Waals surface area contributed by atoms with E-state index in [4.69, 9.17) is 0 Å². The minimum Gasteiger partial charge on any atom is -0.372 e. The standard InChI is InChI=1S/C48H66N2/c1-7-11-39-49(40-12-8-2)47-35-31-45(32-36-47)29-21-17-15-19-25-43(5)27-23-24-28-44(6)26-20-16-18-22-30-46-33-37-48(38-34-46)50(41-13-9-3)42-14-10-4/h15-38H,7-14,39-42H2,1-6H3/b17-15+,18-16+,24-23+,25-19+,26-20+,29-21+,30-22+,43-27+,44-28+. The molecule has 0 amide bonds. The van der Waals surface area contributed by atoms with Gasteiger partial charge in [0.25, 0.3) is 0 Å². The number of nitrogens with zero attached hydrogens (tertiary/aromatic N) is 2. The summed E-state index contributed by atoms with van der Waals surface area (Å²) >= 11 is 0. The van der Waals surface area contributed by atoms with E-state index >= 15 is 0 Å². The highest BCUT2D eigenvalue weighted by Crippen LogP contribution is 2.19. The second-order valence-corrected chi connectivity index (χ2v) is 13.0. The van der Waals surface area contributed by atoms with Crippen LogP contribution in [-0.2, 0) is 0 Å². The third-order valence-corrected chi connectivity index (χ3v) is 8.43. The lowest BCUT2D eigenvalue weighted by Gasteiger charge is -2.24. The summed E-state index contributed by atoms with van der Waals surface area (Å²) in [6.45, 7) is 17.9. The summed E-state index contributed by atoms with van der Waals surface area (Å²) in [5.41, 5.74) is 7.53. The average molecular weight is 671 g/mol.